The molecule has 0 radical (unpaired) electrons. The lowest BCUT2D eigenvalue weighted by atomic mass is 9.94. The lowest BCUT2D eigenvalue weighted by Gasteiger charge is -2.11. The molecule has 0 aliphatic heterocycles. The predicted octanol–water partition coefficient (Wildman–Crippen LogP) is 6.36. The van der Waals surface area contributed by atoms with E-state index in [1.807, 2.05) is 19.1 Å². The van der Waals surface area contributed by atoms with Crippen LogP contribution in [0.4, 0.5) is 4.39 Å². The molecule has 35 heavy (non-hydrogen) atoms. The monoisotopic (exact) mass is 469 g/mol. The molecule has 0 aliphatic rings. The Morgan fingerprint density at radius 3 is 2.43 bits per heavy atom. The van der Waals surface area contributed by atoms with E-state index in [-0.39, 0.29) is 5.82 Å². The third-order valence-corrected chi connectivity index (χ3v) is 6.71. The van der Waals surface area contributed by atoms with Crippen molar-refractivity contribution in [3.8, 4) is 0 Å². The number of halogens is 1. The van der Waals surface area contributed by atoms with Crippen LogP contribution in [0.25, 0.3) is 12.2 Å². The SMILES string of the molecule is C=c1cc(CCC)c(CC)c/c1=C(/C=C\C)Cc1ccc(CCNCc2ccccc2C)cc1F. The molecule has 0 atom stereocenters. The van der Waals surface area contributed by atoms with Crippen LogP contribution in [-0.2, 0) is 32.2 Å². The van der Waals surface area contributed by atoms with Crippen molar-refractivity contribution in [2.45, 2.75) is 66.3 Å². The van der Waals surface area contributed by atoms with Crippen molar-refractivity contribution >= 4 is 12.2 Å². The van der Waals surface area contributed by atoms with Crippen LogP contribution >= 0.6 is 0 Å². The van der Waals surface area contributed by atoms with Gasteiger partial charge in [-0.3, -0.25) is 0 Å². The summed E-state index contributed by atoms with van der Waals surface area (Å²) in [5.74, 6) is -0.132. The Morgan fingerprint density at radius 2 is 1.74 bits per heavy atom. The van der Waals surface area contributed by atoms with Crippen LogP contribution in [0, 0.1) is 12.7 Å². The minimum absolute atomic E-state index is 0.132. The smallest absolute Gasteiger partial charge is 0.127 e. The van der Waals surface area contributed by atoms with Crippen LogP contribution in [0.5, 0.6) is 0 Å². The second-order valence-corrected chi connectivity index (χ2v) is 9.36. The zero-order chi connectivity index (χ0) is 25.2. The first-order valence-electron chi connectivity index (χ1n) is 13.0. The van der Waals surface area contributed by atoms with E-state index in [1.165, 1.54) is 22.3 Å². The summed E-state index contributed by atoms with van der Waals surface area (Å²) in [6, 6.07) is 18.6. The van der Waals surface area contributed by atoms with Crippen molar-refractivity contribution in [3.05, 3.63) is 116 Å². The van der Waals surface area contributed by atoms with Gasteiger partial charge in [0.1, 0.15) is 5.82 Å². The molecule has 0 aromatic heterocycles. The normalized spacial score (nSPS) is 12.4. The fourth-order valence-corrected chi connectivity index (χ4v) is 4.67. The summed E-state index contributed by atoms with van der Waals surface area (Å²) in [4.78, 5) is 0. The first kappa shape index (κ1) is 26.6. The van der Waals surface area contributed by atoms with Gasteiger partial charge in [-0.25, -0.2) is 4.39 Å². The van der Waals surface area contributed by atoms with Gasteiger partial charge in [0.05, 0.1) is 0 Å². The zero-order valence-electron chi connectivity index (χ0n) is 21.9. The first-order valence-corrected chi connectivity index (χ1v) is 13.0. The van der Waals surface area contributed by atoms with Gasteiger partial charge in [-0.05, 0) is 95.1 Å². The van der Waals surface area contributed by atoms with Gasteiger partial charge in [0.15, 0.2) is 0 Å². The highest BCUT2D eigenvalue weighted by Crippen LogP contribution is 2.17. The largest absolute Gasteiger partial charge is 0.312 e. The molecule has 0 heterocycles. The second kappa shape index (κ2) is 13.2. The van der Waals surface area contributed by atoms with Crippen molar-refractivity contribution in [1.29, 1.82) is 0 Å². The van der Waals surface area contributed by atoms with Gasteiger partial charge in [0.25, 0.3) is 0 Å². The molecule has 1 N–H and O–H groups in total. The summed E-state index contributed by atoms with van der Waals surface area (Å²) in [5.41, 5.74) is 8.21. The lowest BCUT2D eigenvalue weighted by Crippen LogP contribution is -2.28. The van der Waals surface area contributed by atoms with Crippen molar-refractivity contribution in [2.24, 2.45) is 0 Å². The molecule has 184 valence electrons. The van der Waals surface area contributed by atoms with Gasteiger partial charge < -0.3 is 5.32 Å². The Balaban J connectivity index is 1.76. The summed E-state index contributed by atoms with van der Waals surface area (Å²) in [7, 11) is 0. The maximum Gasteiger partial charge on any atom is 0.127 e. The number of aryl methyl sites for hydroxylation is 3. The molecule has 0 saturated carbocycles. The molecule has 1 nitrogen and oxygen atoms in total. The number of allylic oxidation sites excluding steroid dienone is 2. The molecule has 0 unspecified atom stereocenters. The van der Waals surface area contributed by atoms with E-state index in [0.29, 0.717) is 6.42 Å². The van der Waals surface area contributed by atoms with E-state index < -0.39 is 0 Å². The van der Waals surface area contributed by atoms with Gasteiger partial charge in [-0.1, -0.05) is 87.5 Å². The number of benzene rings is 3. The van der Waals surface area contributed by atoms with E-state index in [4.69, 9.17) is 0 Å². The fourth-order valence-electron chi connectivity index (χ4n) is 4.67. The fraction of sp³-hybridized carbons (Fsp3) is 0.333. The standard InChI is InChI=1S/C33H40FN/c1-6-11-28-19-25(5)32(22-27(28)8-3)29(12-7-2)21-30-16-15-26(20-33(30)34)17-18-35-23-31-14-10-9-13-24(31)4/h7,9-10,12-16,19-20,22,35H,5-6,8,11,17-18,21,23H2,1-4H3/b12-7-,32-29+. The molecule has 3 aromatic carbocycles. The molecule has 0 saturated heterocycles. The molecule has 0 aliphatic carbocycles. The summed E-state index contributed by atoms with van der Waals surface area (Å²) < 4.78 is 15.1. The summed E-state index contributed by atoms with van der Waals surface area (Å²) in [5, 5.41) is 5.64. The Kier molecular flexibility index (Phi) is 10.0. The number of rotatable bonds is 11. The lowest BCUT2D eigenvalue weighted by molar-refractivity contribution is 0.610. The van der Waals surface area contributed by atoms with Crippen molar-refractivity contribution in [3.63, 3.8) is 0 Å². The average molecular weight is 470 g/mol. The second-order valence-electron chi connectivity index (χ2n) is 9.36. The van der Waals surface area contributed by atoms with Crippen molar-refractivity contribution < 1.29 is 4.39 Å². The first-order chi connectivity index (χ1) is 17.0. The zero-order valence-corrected chi connectivity index (χ0v) is 21.9. The summed E-state index contributed by atoms with van der Waals surface area (Å²) in [6.45, 7) is 14.5. The van der Waals surface area contributed by atoms with Crippen LogP contribution in [-0.4, -0.2) is 6.54 Å². The Labute approximate surface area is 211 Å². The minimum Gasteiger partial charge on any atom is -0.312 e. The van der Waals surface area contributed by atoms with E-state index in [9.17, 15) is 0 Å². The minimum atomic E-state index is -0.132. The quantitative estimate of drug-likeness (QED) is 0.322. The highest BCUT2D eigenvalue weighted by Gasteiger charge is 2.09. The summed E-state index contributed by atoms with van der Waals surface area (Å²) in [6.07, 6.45) is 8.68. The van der Waals surface area contributed by atoms with E-state index >= 15 is 4.39 Å². The van der Waals surface area contributed by atoms with Gasteiger partial charge in [0.2, 0.25) is 0 Å². The Hall–Kier alpha value is -2.97. The maximum atomic E-state index is 15.1. The van der Waals surface area contributed by atoms with Crippen LogP contribution in [0.3, 0.4) is 0 Å². The predicted molar refractivity (Wildman–Crippen MR) is 150 cm³/mol. The van der Waals surface area contributed by atoms with Crippen molar-refractivity contribution in [1.82, 2.24) is 5.32 Å². The average Bonchev–Trinajstić information content (AvgIpc) is 2.84. The highest BCUT2D eigenvalue weighted by molar-refractivity contribution is 5.60. The van der Waals surface area contributed by atoms with Crippen LogP contribution in [0.1, 0.15) is 60.6 Å². The molecule has 0 spiro atoms. The topological polar surface area (TPSA) is 12.0 Å². The molecule has 2 heteroatoms. The molecule has 3 rings (SSSR count). The van der Waals surface area contributed by atoms with Gasteiger partial charge >= 0.3 is 0 Å². The highest BCUT2D eigenvalue weighted by atomic mass is 19.1. The van der Waals surface area contributed by atoms with Gasteiger partial charge in [0, 0.05) is 13.0 Å². The third kappa shape index (κ3) is 7.26. The third-order valence-electron chi connectivity index (χ3n) is 6.71. The van der Waals surface area contributed by atoms with Crippen molar-refractivity contribution in [2.75, 3.05) is 6.54 Å². The number of hydrogen-bond donors (Lipinski definition) is 1. The Bertz CT molecular complexity index is 1270. The molecule has 0 amide bonds. The molecule has 0 fully saturated rings. The maximum absolute atomic E-state index is 15.1. The molecular weight excluding hydrogens is 429 g/mol. The Morgan fingerprint density at radius 1 is 0.943 bits per heavy atom. The molecule has 3 aromatic rings. The molecular formula is C33H40FN. The van der Waals surface area contributed by atoms with E-state index in [2.05, 4.69) is 81.2 Å². The number of nitrogens with one attached hydrogen (secondary N) is 1. The summed E-state index contributed by atoms with van der Waals surface area (Å²) >= 11 is 0. The van der Waals surface area contributed by atoms with Gasteiger partial charge in [-0.15, -0.1) is 0 Å². The van der Waals surface area contributed by atoms with Crippen LogP contribution in [0.15, 0.2) is 66.7 Å². The molecule has 0 bridgehead atoms. The van der Waals surface area contributed by atoms with Crippen LogP contribution < -0.4 is 15.8 Å². The van der Waals surface area contributed by atoms with E-state index in [1.54, 1.807) is 6.07 Å². The van der Waals surface area contributed by atoms with Crippen LogP contribution in [0.2, 0.25) is 0 Å². The van der Waals surface area contributed by atoms with Gasteiger partial charge in [-0.2, -0.15) is 0 Å². The number of hydrogen-bond acceptors (Lipinski definition) is 1. The van der Waals surface area contributed by atoms with E-state index in [0.717, 1.165) is 65.9 Å².